The molecule has 0 aromatic heterocycles. The number of rotatable bonds is 7. The van der Waals surface area contributed by atoms with Crippen molar-refractivity contribution in [2.75, 3.05) is 46.4 Å². The van der Waals surface area contributed by atoms with Gasteiger partial charge in [0.2, 0.25) is 5.91 Å². The molecule has 1 aliphatic heterocycles. The summed E-state index contributed by atoms with van der Waals surface area (Å²) in [6.07, 6.45) is 1.51. The van der Waals surface area contributed by atoms with E-state index in [0.29, 0.717) is 13.0 Å². The largest absolute Gasteiger partial charge is 0.497 e. The molecule has 0 radical (unpaired) electrons. The third kappa shape index (κ3) is 4.94. The summed E-state index contributed by atoms with van der Waals surface area (Å²) < 4.78 is 5.19. The van der Waals surface area contributed by atoms with E-state index in [0.717, 1.165) is 38.3 Å². The van der Waals surface area contributed by atoms with Crippen molar-refractivity contribution < 1.29 is 14.6 Å². The molecule has 1 saturated heterocycles. The Morgan fingerprint density at radius 3 is 2.39 bits per heavy atom. The Morgan fingerprint density at radius 1 is 1.22 bits per heavy atom. The Labute approximate surface area is 138 Å². The van der Waals surface area contributed by atoms with Crippen LogP contribution in [0.4, 0.5) is 0 Å². The van der Waals surface area contributed by atoms with E-state index in [4.69, 9.17) is 9.84 Å². The summed E-state index contributed by atoms with van der Waals surface area (Å²) in [5.41, 5.74) is 1.19. The van der Waals surface area contributed by atoms with Crippen LogP contribution in [0.5, 0.6) is 5.75 Å². The second kappa shape index (κ2) is 8.89. The van der Waals surface area contributed by atoms with Crippen molar-refractivity contribution in [1.82, 2.24) is 9.80 Å². The van der Waals surface area contributed by atoms with E-state index < -0.39 is 0 Å². The minimum atomic E-state index is 0.184. The number of carbonyl (C=O) groups excluding carboxylic acids is 1. The second-order valence-corrected chi connectivity index (χ2v) is 6.03. The van der Waals surface area contributed by atoms with Gasteiger partial charge in [-0.15, -0.1) is 0 Å². The third-order valence-electron chi connectivity index (χ3n) is 4.64. The number of benzene rings is 1. The van der Waals surface area contributed by atoms with Gasteiger partial charge in [-0.05, 0) is 30.0 Å². The van der Waals surface area contributed by atoms with Crippen molar-refractivity contribution >= 4 is 5.91 Å². The lowest BCUT2D eigenvalue weighted by Gasteiger charge is -2.35. The van der Waals surface area contributed by atoms with Gasteiger partial charge in [0, 0.05) is 39.1 Å². The number of methoxy groups -OCH3 is 1. The van der Waals surface area contributed by atoms with Gasteiger partial charge in [0.1, 0.15) is 5.75 Å². The Bertz CT molecular complexity index is 482. The molecule has 1 amide bonds. The van der Waals surface area contributed by atoms with Crippen LogP contribution in [0, 0.1) is 0 Å². The zero-order chi connectivity index (χ0) is 16.7. The first-order chi connectivity index (χ1) is 11.2. The van der Waals surface area contributed by atoms with Crippen LogP contribution in [0.25, 0.3) is 0 Å². The zero-order valence-corrected chi connectivity index (χ0v) is 14.2. The van der Waals surface area contributed by atoms with Crippen molar-refractivity contribution in [3.05, 3.63) is 29.8 Å². The molecule has 5 heteroatoms. The second-order valence-electron chi connectivity index (χ2n) is 6.03. The van der Waals surface area contributed by atoms with Crippen LogP contribution in [0.1, 0.15) is 31.2 Å². The topological polar surface area (TPSA) is 53.0 Å². The van der Waals surface area contributed by atoms with Crippen molar-refractivity contribution in [3.63, 3.8) is 0 Å². The lowest BCUT2D eigenvalue weighted by molar-refractivity contribution is -0.133. The molecule has 1 aromatic rings. The summed E-state index contributed by atoms with van der Waals surface area (Å²) in [4.78, 5) is 16.7. The highest BCUT2D eigenvalue weighted by Gasteiger charge is 2.23. The first kappa shape index (κ1) is 17.8. The smallest absolute Gasteiger partial charge is 0.223 e. The number of aliphatic hydroxyl groups excluding tert-OH is 1. The SMILES string of the molecule is CCC(CC(=O)N1CCN(CCO)CC1)c1ccc(OC)cc1. The zero-order valence-electron chi connectivity index (χ0n) is 14.2. The average molecular weight is 320 g/mol. The summed E-state index contributed by atoms with van der Waals surface area (Å²) in [5.74, 6) is 1.33. The highest BCUT2D eigenvalue weighted by atomic mass is 16.5. The molecule has 1 unspecified atom stereocenters. The van der Waals surface area contributed by atoms with E-state index >= 15 is 0 Å². The fourth-order valence-corrected chi connectivity index (χ4v) is 3.08. The van der Waals surface area contributed by atoms with Crippen LogP contribution in [-0.4, -0.2) is 67.3 Å². The number of piperazine rings is 1. The van der Waals surface area contributed by atoms with Gasteiger partial charge in [-0.1, -0.05) is 19.1 Å². The summed E-state index contributed by atoms with van der Waals surface area (Å²) in [6.45, 7) is 6.24. The molecule has 1 fully saturated rings. The Hall–Kier alpha value is -1.59. The molecular formula is C18H28N2O3. The maximum absolute atomic E-state index is 12.6. The van der Waals surface area contributed by atoms with Crippen LogP contribution < -0.4 is 4.74 Å². The number of carbonyl (C=O) groups is 1. The lowest BCUT2D eigenvalue weighted by Crippen LogP contribution is -2.49. The van der Waals surface area contributed by atoms with Crippen molar-refractivity contribution in [1.29, 1.82) is 0 Å². The standard InChI is InChI=1S/C18H28N2O3/c1-3-15(16-4-6-17(23-2)7-5-16)14-18(22)20-10-8-19(9-11-20)12-13-21/h4-7,15,21H,3,8-14H2,1-2H3. The maximum Gasteiger partial charge on any atom is 0.223 e. The van der Waals surface area contributed by atoms with E-state index in [9.17, 15) is 4.79 Å². The van der Waals surface area contributed by atoms with Gasteiger partial charge < -0.3 is 14.7 Å². The Balaban J connectivity index is 1.89. The van der Waals surface area contributed by atoms with Gasteiger partial charge in [-0.3, -0.25) is 9.69 Å². The predicted molar refractivity (Wildman–Crippen MR) is 90.7 cm³/mol. The molecule has 1 aromatic carbocycles. The molecule has 23 heavy (non-hydrogen) atoms. The van der Waals surface area contributed by atoms with Gasteiger partial charge >= 0.3 is 0 Å². The number of ether oxygens (including phenoxy) is 1. The van der Waals surface area contributed by atoms with E-state index in [2.05, 4.69) is 24.0 Å². The monoisotopic (exact) mass is 320 g/mol. The maximum atomic E-state index is 12.6. The molecular weight excluding hydrogens is 292 g/mol. The molecule has 0 bridgehead atoms. The first-order valence-electron chi connectivity index (χ1n) is 8.42. The van der Waals surface area contributed by atoms with Gasteiger partial charge in [0.25, 0.3) is 0 Å². The van der Waals surface area contributed by atoms with E-state index in [1.54, 1.807) is 7.11 Å². The lowest BCUT2D eigenvalue weighted by atomic mass is 9.92. The fraction of sp³-hybridized carbons (Fsp3) is 0.611. The number of hydrogen-bond acceptors (Lipinski definition) is 4. The molecule has 5 nitrogen and oxygen atoms in total. The molecule has 1 atom stereocenters. The molecule has 1 heterocycles. The predicted octanol–water partition coefficient (Wildman–Crippen LogP) is 1.72. The summed E-state index contributed by atoms with van der Waals surface area (Å²) in [7, 11) is 1.66. The number of aliphatic hydroxyl groups is 1. The van der Waals surface area contributed by atoms with Crippen LogP contribution >= 0.6 is 0 Å². The minimum absolute atomic E-state index is 0.184. The Kier molecular flexibility index (Phi) is 6.86. The summed E-state index contributed by atoms with van der Waals surface area (Å²) >= 11 is 0. The molecule has 1 N–H and O–H groups in total. The van der Waals surface area contributed by atoms with E-state index in [1.165, 1.54) is 5.56 Å². The normalized spacial score (nSPS) is 17.1. The van der Waals surface area contributed by atoms with Crippen molar-refractivity contribution in [2.24, 2.45) is 0 Å². The summed E-state index contributed by atoms with van der Waals surface area (Å²) in [6, 6.07) is 8.02. The quantitative estimate of drug-likeness (QED) is 0.831. The molecule has 0 spiro atoms. The first-order valence-corrected chi connectivity index (χ1v) is 8.42. The van der Waals surface area contributed by atoms with Crippen LogP contribution in [-0.2, 0) is 4.79 Å². The van der Waals surface area contributed by atoms with Crippen LogP contribution in [0.3, 0.4) is 0 Å². The fourth-order valence-electron chi connectivity index (χ4n) is 3.08. The third-order valence-corrected chi connectivity index (χ3v) is 4.64. The van der Waals surface area contributed by atoms with Gasteiger partial charge in [0.05, 0.1) is 13.7 Å². The van der Waals surface area contributed by atoms with Crippen molar-refractivity contribution in [2.45, 2.75) is 25.7 Å². The highest BCUT2D eigenvalue weighted by Crippen LogP contribution is 2.26. The van der Waals surface area contributed by atoms with Crippen molar-refractivity contribution in [3.8, 4) is 5.75 Å². The van der Waals surface area contributed by atoms with Gasteiger partial charge in [-0.25, -0.2) is 0 Å². The van der Waals surface area contributed by atoms with E-state index in [1.807, 2.05) is 17.0 Å². The van der Waals surface area contributed by atoms with Gasteiger partial charge in [-0.2, -0.15) is 0 Å². The molecule has 128 valence electrons. The van der Waals surface area contributed by atoms with Gasteiger partial charge in [0.15, 0.2) is 0 Å². The average Bonchev–Trinajstić information content (AvgIpc) is 2.60. The minimum Gasteiger partial charge on any atom is -0.497 e. The highest BCUT2D eigenvalue weighted by molar-refractivity contribution is 5.77. The summed E-state index contributed by atoms with van der Waals surface area (Å²) in [5, 5.41) is 8.98. The number of nitrogens with zero attached hydrogens (tertiary/aromatic N) is 2. The van der Waals surface area contributed by atoms with Crippen LogP contribution in [0.15, 0.2) is 24.3 Å². The molecule has 0 aliphatic carbocycles. The molecule has 1 aliphatic rings. The molecule has 2 rings (SSSR count). The number of hydrogen-bond donors (Lipinski definition) is 1. The molecule has 0 saturated carbocycles. The van der Waals surface area contributed by atoms with E-state index in [-0.39, 0.29) is 18.4 Å². The Morgan fingerprint density at radius 2 is 1.87 bits per heavy atom. The number of amides is 1. The van der Waals surface area contributed by atoms with Crippen LogP contribution in [0.2, 0.25) is 0 Å². The number of β-amino-alcohol motifs (C(OH)–C–C–N with tert-alkyl or cyclic N) is 1.